The summed E-state index contributed by atoms with van der Waals surface area (Å²) in [6.07, 6.45) is 0.871. The number of nitrogens with one attached hydrogen (secondary N) is 3. The van der Waals surface area contributed by atoms with Gasteiger partial charge in [0.1, 0.15) is 10.6 Å². The van der Waals surface area contributed by atoms with Crippen molar-refractivity contribution in [1.82, 2.24) is 20.7 Å². The number of aryl methyl sites for hydroxylation is 2. The molecule has 0 fully saturated rings. The minimum atomic E-state index is -4.05. The zero-order valence-corrected chi connectivity index (χ0v) is 20.3. The van der Waals surface area contributed by atoms with Crippen LogP contribution in [0, 0.1) is 19.8 Å². The Morgan fingerprint density at radius 3 is 2.39 bits per heavy atom. The molecular formula is C21H30N4O7S. The molecule has 0 saturated heterocycles. The summed E-state index contributed by atoms with van der Waals surface area (Å²) >= 11 is 0. The molecule has 2 amide bonds. The molecule has 3 N–H and O–H groups in total. The van der Waals surface area contributed by atoms with Crippen LogP contribution in [0.1, 0.15) is 49.0 Å². The number of rotatable bonds is 10. The van der Waals surface area contributed by atoms with Gasteiger partial charge in [-0.15, -0.1) is 0 Å². The molecular weight excluding hydrogens is 452 g/mol. The van der Waals surface area contributed by atoms with E-state index in [9.17, 15) is 18.0 Å². The monoisotopic (exact) mass is 482 g/mol. The smallest absolute Gasteiger partial charge is 0.269 e. The fraction of sp³-hybridized carbons (Fsp3) is 0.476. The Morgan fingerprint density at radius 1 is 1.12 bits per heavy atom. The first-order chi connectivity index (χ1) is 15.5. The highest BCUT2D eigenvalue weighted by molar-refractivity contribution is 7.89. The van der Waals surface area contributed by atoms with E-state index >= 15 is 0 Å². The lowest BCUT2D eigenvalue weighted by molar-refractivity contribution is -0.123. The molecule has 33 heavy (non-hydrogen) atoms. The molecule has 0 aliphatic carbocycles. The van der Waals surface area contributed by atoms with Gasteiger partial charge in [-0.05, 0) is 51.3 Å². The van der Waals surface area contributed by atoms with Gasteiger partial charge in [-0.2, -0.15) is 4.72 Å². The van der Waals surface area contributed by atoms with Crippen LogP contribution in [0.4, 0.5) is 0 Å². The van der Waals surface area contributed by atoms with Crippen molar-refractivity contribution >= 4 is 21.8 Å². The predicted octanol–water partition coefficient (Wildman–Crippen LogP) is 1.85. The summed E-state index contributed by atoms with van der Waals surface area (Å²) in [7, 11) is -2.59. The number of amides is 2. The highest BCUT2D eigenvalue weighted by atomic mass is 32.2. The quantitative estimate of drug-likeness (QED) is 0.435. The average Bonchev–Trinajstić information content (AvgIpc) is 3.10. The first kappa shape index (κ1) is 26.1. The topological polar surface area (TPSA) is 149 Å². The van der Waals surface area contributed by atoms with Gasteiger partial charge in [0.15, 0.2) is 17.3 Å². The molecule has 2 aromatic rings. The third kappa shape index (κ3) is 6.93. The summed E-state index contributed by atoms with van der Waals surface area (Å²) in [5.41, 5.74) is 4.84. The molecule has 2 rings (SSSR count). The summed E-state index contributed by atoms with van der Waals surface area (Å²) in [5, 5.41) is 3.60. The lowest BCUT2D eigenvalue weighted by Gasteiger charge is -2.15. The van der Waals surface area contributed by atoms with Crippen molar-refractivity contribution in [2.75, 3.05) is 13.7 Å². The maximum atomic E-state index is 12.5. The minimum absolute atomic E-state index is 0.103. The summed E-state index contributed by atoms with van der Waals surface area (Å²) < 4.78 is 43.1. The van der Waals surface area contributed by atoms with Crippen LogP contribution in [0.2, 0.25) is 0 Å². The van der Waals surface area contributed by atoms with Crippen LogP contribution >= 0.6 is 0 Å². The Bertz CT molecular complexity index is 1080. The van der Waals surface area contributed by atoms with Crippen LogP contribution in [0.25, 0.3) is 0 Å². The standard InChI is InChI=1S/C21H30N4O7S/c1-12(2)9-10-31-17-8-7-16(11-18(17)30-6)21(27)23-22-20(26)14(4)25-33(28,29)19-13(3)24-32-15(19)5/h7-8,11-12,14,25H,9-10H2,1-6H3,(H,22,26)(H,23,27)/t14-/m0/s1. The molecule has 0 aliphatic rings. The van der Waals surface area contributed by atoms with Crippen molar-refractivity contribution in [3.63, 3.8) is 0 Å². The van der Waals surface area contributed by atoms with E-state index in [2.05, 4.69) is 34.6 Å². The van der Waals surface area contributed by atoms with Crippen molar-refractivity contribution in [1.29, 1.82) is 0 Å². The van der Waals surface area contributed by atoms with Gasteiger partial charge in [-0.3, -0.25) is 20.4 Å². The lowest BCUT2D eigenvalue weighted by atomic mass is 10.1. The number of hydrazine groups is 1. The van der Waals surface area contributed by atoms with Crippen molar-refractivity contribution in [2.24, 2.45) is 5.92 Å². The van der Waals surface area contributed by atoms with Gasteiger partial charge in [0.25, 0.3) is 11.8 Å². The maximum Gasteiger partial charge on any atom is 0.269 e. The van der Waals surface area contributed by atoms with E-state index in [4.69, 9.17) is 14.0 Å². The number of sulfonamides is 1. The molecule has 1 aromatic carbocycles. The number of carbonyl (C=O) groups is 2. The van der Waals surface area contributed by atoms with Crippen molar-refractivity contribution < 1.29 is 32.0 Å². The normalized spacial score (nSPS) is 12.3. The molecule has 11 nitrogen and oxygen atoms in total. The van der Waals surface area contributed by atoms with Gasteiger partial charge >= 0.3 is 0 Å². The van der Waals surface area contributed by atoms with Crippen LogP contribution in [0.15, 0.2) is 27.6 Å². The molecule has 1 aromatic heterocycles. The number of ether oxygens (including phenoxy) is 2. The maximum absolute atomic E-state index is 12.5. The number of carbonyl (C=O) groups excluding carboxylic acids is 2. The number of methoxy groups -OCH3 is 1. The predicted molar refractivity (Wildman–Crippen MR) is 119 cm³/mol. The molecule has 0 spiro atoms. The molecule has 0 saturated carbocycles. The van der Waals surface area contributed by atoms with E-state index in [1.54, 1.807) is 6.07 Å². The van der Waals surface area contributed by atoms with Crippen molar-refractivity contribution in [3.05, 3.63) is 35.2 Å². The molecule has 0 radical (unpaired) electrons. The van der Waals surface area contributed by atoms with Gasteiger partial charge in [0.2, 0.25) is 10.0 Å². The highest BCUT2D eigenvalue weighted by Crippen LogP contribution is 2.28. The SMILES string of the molecule is COc1cc(C(=O)NNC(=O)[C@H](C)NS(=O)(=O)c2c(C)noc2C)ccc1OCCC(C)C. The fourth-order valence-electron chi connectivity index (χ4n) is 2.83. The number of hydrogen-bond donors (Lipinski definition) is 3. The van der Waals surface area contributed by atoms with Gasteiger partial charge in [-0.25, -0.2) is 8.42 Å². The second-order valence-electron chi connectivity index (χ2n) is 7.84. The fourth-order valence-corrected chi connectivity index (χ4v) is 4.37. The van der Waals surface area contributed by atoms with E-state index in [1.807, 2.05) is 0 Å². The largest absolute Gasteiger partial charge is 0.493 e. The van der Waals surface area contributed by atoms with E-state index in [1.165, 1.54) is 40.0 Å². The molecule has 182 valence electrons. The highest BCUT2D eigenvalue weighted by Gasteiger charge is 2.28. The van der Waals surface area contributed by atoms with Gasteiger partial charge in [-0.1, -0.05) is 19.0 Å². The van der Waals surface area contributed by atoms with E-state index in [0.29, 0.717) is 24.0 Å². The molecule has 0 bridgehead atoms. The minimum Gasteiger partial charge on any atom is -0.493 e. The molecule has 0 aliphatic heterocycles. The van der Waals surface area contributed by atoms with Crippen molar-refractivity contribution in [3.8, 4) is 11.5 Å². The summed E-state index contributed by atoms with van der Waals surface area (Å²) in [6, 6.07) is 3.43. The second-order valence-corrected chi connectivity index (χ2v) is 9.49. The van der Waals surface area contributed by atoms with Crippen LogP contribution < -0.4 is 25.0 Å². The Morgan fingerprint density at radius 2 is 1.82 bits per heavy atom. The first-order valence-electron chi connectivity index (χ1n) is 10.3. The Hall–Kier alpha value is -3.12. The summed E-state index contributed by atoms with van der Waals surface area (Å²) in [4.78, 5) is 24.6. The summed E-state index contributed by atoms with van der Waals surface area (Å²) in [6.45, 7) is 8.95. The number of nitrogens with zero attached hydrogens (tertiary/aromatic N) is 1. The molecule has 12 heteroatoms. The molecule has 0 unspecified atom stereocenters. The third-order valence-electron chi connectivity index (χ3n) is 4.64. The lowest BCUT2D eigenvalue weighted by Crippen LogP contribution is -2.51. The Balaban J connectivity index is 1.97. The number of aromatic nitrogens is 1. The van der Waals surface area contributed by atoms with Crippen molar-refractivity contribution in [2.45, 2.75) is 52.0 Å². The third-order valence-corrected chi connectivity index (χ3v) is 6.42. The number of hydrogen-bond acceptors (Lipinski definition) is 8. The van der Waals surface area contributed by atoms with E-state index in [0.717, 1.165) is 6.42 Å². The zero-order valence-electron chi connectivity index (χ0n) is 19.5. The average molecular weight is 483 g/mol. The Kier molecular flexibility index (Phi) is 8.83. The summed E-state index contributed by atoms with van der Waals surface area (Å²) in [5.74, 6) is 0.0854. The first-order valence-corrected chi connectivity index (χ1v) is 11.8. The van der Waals surface area contributed by atoms with Crippen LogP contribution in [0.5, 0.6) is 11.5 Å². The Labute approximate surface area is 193 Å². The van der Waals surface area contributed by atoms with Crippen LogP contribution in [0.3, 0.4) is 0 Å². The zero-order chi connectivity index (χ0) is 24.8. The van der Waals surface area contributed by atoms with Gasteiger partial charge < -0.3 is 14.0 Å². The number of benzene rings is 1. The van der Waals surface area contributed by atoms with Crippen LogP contribution in [-0.2, 0) is 14.8 Å². The molecule has 1 atom stereocenters. The second kappa shape index (κ2) is 11.1. The van der Waals surface area contributed by atoms with Crippen LogP contribution in [-0.4, -0.2) is 45.1 Å². The van der Waals surface area contributed by atoms with E-state index < -0.39 is 27.9 Å². The molecule has 1 heterocycles. The van der Waals surface area contributed by atoms with E-state index in [-0.39, 0.29) is 21.9 Å². The van der Waals surface area contributed by atoms with Gasteiger partial charge in [0, 0.05) is 5.56 Å². The van der Waals surface area contributed by atoms with Gasteiger partial charge in [0.05, 0.1) is 19.8 Å².